The van der Waals surface area contributed by atoms with E-state index < -0.39 is 0 Å². The van der Waals surface area contributed by atoms with Crippen molar-refractivity contribution in [1.82, 2.24) is 0 Å². The summed E-state index contributed by atoms with van der Waals surface area (Å²) < 4.78 is 5.65. The molecule has 0 aliphatic heterocycles. The lowest BCUT2D eigenvalue weighted by molar-refractivity contribution is -0.114. The Hall–Kier alpha value is -1.55. The summed E-state index contributed by atoms with van der Waals surface area (Å²) >= 11 is 0. The van der Waals surface area contributed by atoms with Crippen molar-refractivity contribution in [2.24, 2.45) is 5.73 Å². The Labute approximate surface area is 95.8 Å². The molecule has 0 fully saturated rings. The van der Waals surface area contributed by atoms with E-state index in [1.54, 1.807) is 12.1 Å². The van der Waals surface area contributed by atoms with Crippen LogP contribution in [0.3, 0.4) is 0 Å². The summed E-state index contributed by atoms with van der Waals surface area (Å²) in [4.78, 5) is 11.0. The molecule has 0 saturated carbocycles. The lowest BCUT2D eigenvalue weighted by Crippen LogP contribution is -2.23. The van der Waals surface area contributed by atoms with Gasteiger partial charge in [0.15, 0.2) is 0 Å². The summed E-state index contributed by atoms with van der Waals surface area (Å²) in [7, 11) is 0. The van der Waals surface area contributed by atoms with Gasteiger partial charge in [0, 0.05) is 5.69 Å². The van der Waals surface area contributed by atoms with Crippen LogP contribution in [-0.2, 0) is 4.79 Å². The number of hydrogen-bond donors (Lipinski definition) is 2. The largest absolute Gasteiger partial charge is 0.488 e. The third kappa shape index (κ3) is 4.31. The SMILES string of the molecule is CC(C)(C)Oc1ccc(NC(=O)CN)cc1. The molecule has 0 unspecified atom stereocenters. The van der Waals surface area contributed by atoms with Crippen molar-refractivity contribution < 1.29 is 9.53 Å². The number of amides is 1. The van der Waals surface area contributed by atoms with E-state index in [0.29, 0.717) is 0 Å². The van der Waals surface area contributed by atoms with Crippen molar-refractivity contribution in [2.75, 3.05) is 11.9 Å². The summed E-state index contributed by atoms with van der Waals surface area (Å²) in [5.41, 5.74) is 5.70. The molecule has 0 atom stereocenters. The molecule has 0 aliphatic rings. The normalized spacial score (nSPS) is 11.0. The van der Waals surface area contributed by atoms with E-state index in [4.69, 9.17) is 10.5 Å². The van der Waals surface area contributed by atoms with Gasteiger partial charge in [-0.05, 0) is 45.0 Å². The van der Waals surface area contributed by atoms with Crippen LogP contribution in [0, 0.1) is 0 Å². The topological polar surface area (TPSA) is 64.3 Å². The van der Waals surface area contributed by atoms with Gasteiger partial charge in [0.25, 0.3) is 0 Å². The zero-order valence-electron chi connectivity index (χ0n) is 9.91. The number of anilines is 1. The predicted molar refractivity (Wildman–Crippen MR) is 64.5 cm³/mol. The average molecular weight is 222 g/mol. The molecular formula is C12H18N2O2. The number of nitrogens with two attached hydrogens (primary N) is 1. The molecule has 1 aromatic carbocycles. The third-order valence-electron chi connectivity index (χ3n) is 1.75. The van der Waals surface area contributed by atoms with Gasteiger partial charge < -0.3 is 15.8 Å². The lowest BCUT2D eigenvalue weighted by atomic mass is 10.2. The average Bonchev–Trinajstić information content (AvgIpc) is 2.18. The number of carbonyl (C=O) groups is 1. The van der Waals surface area contributed by atoms with Gasteiger partial charge >= 0.3 is 0 Å². The fourth-order valence-corrected chi connectivity index (χ4v) is 1.17. The van der Waals surface area contributed by atoms with Crippen LogP contribution in [0.2, 0.25) is 0 Å². The van der Waals surface area contributed by atoms with Gasteiger partial charge in [0.2, 0.25) is 5.91 Å². The fraction of sp³-hybridized carbons (Fsp3) is 0.417. The van der Waals surface area contributed by atoms with E-state index in [1.165, 1.54) is 0 Å². The van der Waals surface area contributed by atoms with Crippen molar-refractivity contribution in [3.8, 4) is 5.75 Å². The number of nitrogens with one attached hydrogen (secondary N) is 1. The monoisotopic (exact) mass is 222 g/mol. The van der Waals surface area contributed by atoms with Crippen LogP contribution in [-0.4, -0.2) is 18.1 Å². The first kappa shape index (κ1) is 12.5. The van der Waals surface area contributed by atoms with Crippen molar-refractivity contribution in [3.05, 3.63) is 24.3 Å². The molecular weight excluding hydrogens is 204 g/mol. The van der Waals surface area contributed by atoms with Gasteiger partial charge in [-0.15, -0.1) is 0 Å². The molecule has 0 bridgehead atoms. The molecule has 16 heavy (non-hydrogen) atoms. The maximum Gasteiger partial charge on any atom is 0.238 e. The number of carbonyl (C=O) groups excluding carboxylic acids is 1. The summed E-state index contributed by atoms with van der Waals surface area (Å²) in [6.45, 7) is 5.94. The molecule has 4 nitrogen and oxygen atoms in total. The van der Waals surface area contributed by atoms with Crippen LogP contribution in [0.4, 0.5) is 5.69 Å². The first-order chi connectivity index (χ1) is 7.40. The number of benzene rings is 1. The Morgan fingerprint density at radius 1 is 1.31 bits per heavy atom. The van der Waals surface area contributed by atoms with Gasteiger partial charge in [-0.25, -0.2) is 0 Å². The van der Waals surface area contributed by atoms with Crippen molar-refractivity contribution in [1.29, 1.82) is 0 Å². The first-order valence-electron chi connectivity index (χ1n) is 5.20. The summed E-state index contributed by atoms with van der Waals surface area (Å²) in [6.07, 6.45) is 0. The van der Waals surface area contributed by atoms with E-state index in [2.05, 4.69) is 5.32 Å². The number of ether oxygens (including phenoxy) is 1. The van der Waals surface area contributed by atoms with Crippen LogP contribution < -0.4 is 15.8 Å². The van der Waals surface area contributed by atoms with Crippen LogP contribution in [0.5, 0.6) is 5.75 Å². The molecule has 1 rings (SSSR count). The maximum absolute atomic E-state index is 11.0. The highest BCUT2D eigenvalue weighted by Crippen LogP contribution is 2.20. The second-order valence-electron chi connectivity index (χ2n) is 4.49. The minimum absolute atomic E-state index is 0.0136. The summed E-state index contributed by atoms with van der Waals surface area (Å²) in [6, 6.07) is 7.21. The van der Waals surface area contributed by atoms with E-state index in [9.17, 15) is 4.79 Å². The van der Waals surface area contributed by atoms with Gasteiger partial charge in [-0.2, -0.15) is 0 Å². The Morgan fingerprint density at radius 2 is 1.88 bits per heavy atom. The number of rotatable bonds is 3. The van der Waals surface area contributed by atoms with Crippen LogP contribution in [0.25, 0.3) is 0 Å². The van der Waals surface area contributed by atoms with Gasteiger partial charge in [-0.3, -0.25) is 4.79 Å². The predicted octanol–water partition coefficient (Wildman–Crippen LogP) is 1.76. The van der Waals surface area contributed by atoms with E-state index in [-0.39, 0.29) is 18.1 Å². The highest BCUT2D eigenvalue weighted by Gasteiger charge is 2.11. The molecule has 3 N–H and O–H groups in total. The minimum Gasteiger partial charge on any atom is -0.488 e. The molecule has 0 saturated heterocycles. The van der Waals surface area contributed by atoms with Crippen LogP contribution in [0.1, 0.15) is 20.8 Å². The van der Waals surface area contributed by atoms with Crippen molar-refractivity contribution in [3.63, 3.8) is 0 Å². The van der Waals surface area contributed by atoms with E-state index >= 15 is 0 Å². The molecule has 1 aromatic rings. The Bertz CT molecular complexity index is 352. The molecule has 0 aliphatic carbocycles. The Balaban J connectivity index is 2.64. The standard InChI is InChI=1S/C12H18N2O2/c1-12(2,3)16-10-6-4-9(5-7-10)14-11(15)8-13/h4-7H,8,13H2,1-3H3,(H,14,15). The molecule has 0 heterocycles. The molecule has 0 radical (unpaired) electrons. The van der Waals surface area contributed by atoms with Crippen molar-refractivity contribution in [2.45, 2.75) is 26.4 Å². The molecule has 88 valence electrons. The molecule has 0 aromatic heterocycles. The second-order valence-corrected chi connectivity index (χ2v) is 4.49. The van der Waals surface area contributed by atoms with Crippen LogP contribution in [0.15, 0.2) is 24.3 Å². The van der Waals surface area contributed by atoms with Crippen molar-refractivity contribution >= 4 is 11.6 Å². The fourth-order valence-electron chi connectivity index (χ4n) is 1.17. The summed E-state index contributed by atoms with van der Waals surface area (Å²) in [5.74, 6) is 0.572. The summed E-state index contributed by atoms with van der Waals surface area (Å²) in [5, 5.41) is 2.66. The van der Waals surface area contributed by atoms with Gasteiger partial charge in [-0.1, -0.05) is 0 Å². The van der Waals surface area contributed by atoms with Crippen LogP contribution >= 0.6 is 0 Å². The maximum atomic E-state index is 11.0. The van der Waals surface area contributed by atoms with E-state index in [0.717, 1.165) is 11.4 Å². The Kier molecular flexibility index (Phi) is 3.90. The lowest BCUT2D eigenvalue weighted by Gasteiger charge is -2.21. The second kappa shape index (κ2) is 4.99. The van der Waals surface area contributed by atoms with Gasteiger partial charge in [0.05, 0.1) is 6.54 Å². The molecule has 1 amide bonds. The molecule has 4 heteroatoms. The Morgan fingerprint density at radius 3 is 2.31 bits per heavy atom. The molecule has 0 spiro atoms. The quantitative estimate of drug-likeness (QED) is 0.819. The number of hydrogen-bond acceptors (Lipinski definition) is 3. The third-order valence-corrected chi connectivity index (χ3v) is 1.75. The zero-order valence-corrected chi connectivity index (χ0v) is 9.91. The smallest absolute Gasteiger partial charge is 0.238 e. The first-order valence-corrected chi connectivity index (χ1v) is 5.20. The highest BCUT2D eigenvalue weighted by molar-refractivity contribution is 5.92. The van der Waals surface area contributed by atoms with E-state index in [1.807, 2.05) is 32.9 Å². The highest BCUT2D eigenvalue weighted by atomic mass is 16.5. The minimum atomic E-state index is -0.220. The zero-order chi connectivity index (χ0) is 12.2. The van der Waals surface area contributed by atoms with Gasteiger partial charge in [0.1, 0.15) is 11.4 Å².